The smallest absolute Gasteiger partial charge is 0.190 e. The maximum Gasteiger partial charge on any atom is 0.190 e. The van der Waals surface area contributed by atoms with E-state index in [9.17, 15) is 9.59 Å². The minimum Gasteiger partial charge on any atom is -0.358 e. The van der Waals surface area contributed by atoms with E-state index in [1.165, 1.54) is 0 Å². The van der Waals surface area contributed by atoms with E-state index in [2.05, 4.69) is 0 Å². The quantitative estimate of drug-likeness (QED) is 0.431. The van der Waals surface area contributed by atoms with Crippen LogP contribution in [0.3, 0.4) is 0 Å². The Labute approximate surface area is 177 Å². The van der Waals surface area contributed by atoms with Gasteiger partial charge in [0.1, 0.15) is 22.8 Å². The highest BCUT2D eigenvalue weighted by Gasteiger charge is 2.57. The molecule has 0 aromatic carbocycles. The maximum absolute atomic E-state index is 11.6. The summed E-state index contributed by atoms with van der Waals surface area (Å²) in [4.78, 5) is 22.9. The van der Waals surface area contributed by atoms with Crippen LogP contribution < -0.4 is 0 Å². The van der Waals surface area contributed by atoms with Crippen molar-refractivity contribution < 1.29 is 38.0 Å². The van der Waals surface area contributed by atoms with Crippen molar-refractivity contribution in [2.75, 3.05) is 28.4 Å². The minimum absolute atomic E-state index is 0.0340. The molecule has 0 spiro atoms. The van der Waals surface area contributed by atoms with Crippen molar-refractivity contribution in [1.29, 1.82) is 0 Å². The van der Waals surface area contributed by atoms with Crippen molar-refractivity contribution >= 4 is 11.6 Å². The topological polar surface area (TPSA) is 89.5 Å². The summed E-state index contributed by atoms with van der Waals surface area (Å²) >= 11 is 0. The Hall–Kier alpha value is -1.42. The zero-order chi connectivity index (χ0) is 22.1. The lowest BCUT2D eigenvalue weighted by Crippen LogP contribution is -2.49. The zero-order valence-electron chi connectivity index (χ0n) is 18.5. The summed E-state index contributed by atoms with van der Waals surface area (Å²) in [6.45, 7) is 3.19. The van der Waals surface area contributed by atoms with Crippen molar-refractivity contribution in [1.82, 2.24) is 0 Å². The normalized spacial score (nSPS) is 37.9. The molecule has 4 aliphatic heterocycles. The van der Waals surface area contributed by atoms with Crippen LogP contribution in [0.1, 0.15) is 26.7 Å². The number of rotatable bonds is 8. The molecule has 4 heterocycles. The molecule has 4 aliphatic rings. The van der Waals surface area contributed by atoms with E-state index in [4.69, 9.17) is 28.4 Å². The van der Waals surface area contributed by atoms with E-state index >= 15 is 0 Å². The fourth-order valence-corrected chi connectivity index (χ4v) is 5.07. The predicted octanol–water partition coefficient (Wildman–Crippen LogP) is 1.82. The Kier molecular flexibility index (Phi) is 6.96. The van der Waals surface area contributed by atoms with Crippen molar-refractivity contribution in [3.05, 3.63) is 24.3 Å². The molecular weight excluding hydrogens is 392 g/mol. The van der Waals surface area contributed by atoms with Gasteiger partial charge in [-0.1, -0.05) is 12.2 Å². The molecule has 0 N–H and O–H groups in total. The molecular formula is C22H32O8. The molecule has 0 aromatic rings. The number of carbonyl (C=O) groups excluding carboxylic acids is 2. The standard InChI is InChI=1S/2C11H16O4/c1-7(12)8-6-11(10(13-2)14-3)5-4-9(8)15-11;1-7(12)9-6-8-4-5-11(9,15-8)10(13-2)14-3/h2*4-5,8-10H,6H2,1-3H3. The van der Waals surface area contributed by atoms with Crippen LogP contribution in [0.4, 0.5) is 0 Å². The molecule has 6 atom stereocenters. The van der Waals surface area contributed by atoms with Crippen LogP contribution in [-0.4, -0.2) is 76.0 Å². The second-order valence-corrected chi connectivity index (χ2v) is 8.19. The fourth-order valence-electron chi connectivity index (χ4n) is 5.07. The van der Waals surface area contributed by atoms with Gasteiger partial charge in [-0.15, -0.1) is 0 Å². The lowest BCUT2D eigenvalue weighted by atomic mass is 9.80. The van der Waals surface area contributed by atoms with Gasteiger partial charge in [-0.2, -0.15) is 0 Å². The van der Waals surface area contributed by atoms with Gasteiger partial charge in [-0.05, 0) is 38.8 Å². The zero-order valence-corrected chi connectivity index (χ0v) is 18.5. The highest BCUT2D eigenvalue weighted by molar-refractivity contribution is 5.81. The van der Waals surface area contributed by atoms with E-state index in [1.807, 2.05) is 24.3 Å². The highest BCUT2D eigenvalue weighted by atomic mass is 16.7. The first-order chi connectivity index (χ1) is 14.3. The molecule has 4 rings (SSSR count). The molecule has 8 nitrogen and oxygen atoms in total. The summed E-state index contributed by atoms with van der Waals surface area (Å²) < 4.78 is 32.5. The lowest BCUT2D eigenvalue weighted by molar-refractivity contribution is -0.210. The molecule has 0 amide bonds. The Morgan fingerprint density at radius 1 is 0.900 bits per heavy atom. The third-order valence-corrected chi connectivity index (χ3v) is 6.44. The van der Waals surface area contributed by atoms with Crippen LogP contribution in [0.2, 0.25) is 0 Å². The van der Waals surface area contributed by atoms with Crippen LogP contribution in [0.5, 0.6) is 0 Å². The Morgan fingerprint density at radius 3 is 2.00 bits per heavy atom. The Bertz CT molecular complexity index is 710. The molecule has 0 aliphatic carbocycles. The van der Waals surface area contributed by atoms with E-state index < -0.39 is 23.8 Å². The second-order valence-electron chi connectivity index (χ2n) is 8.19. The van der Waals surface area contributed by atoms with Crippen LogP contribution in [0.25, 0.3) is 0 Å². The van der Waals surface area contributed by atoms with Gasteiger partial charge in [0.25, 0.3) is 0 Å². The molecule has 168 valence electrons. The Balaban J connectivity index is 0.000000171. The largest absolute Gasteiger partial charge is 0.358 e. The molecule has 6 unspecified atom stereocenters. The van der Waals surface area contributed by atoms with Crippen molar-refractivity contribution in [2.24, 2.45) is 11.8 Å². The summed E-state index contributed by atoms with van der Waals surface area (Å²) in [6.07, 6.45) is 8.12. The first-order valence-electron chi connectivity index (χ1n) is 10.1. The van der Waals surface area contributed by atoms with Crippen molar-refractivity contribution in [2.45, 2.75) is 62.7 Å². The molecule has 0 radical (unpaired) electrons. The van der Waals surface area contributed by atoms with E-state index in [0.717, 1.165) is 6.42 Å². The summed E-state index contributed by atoms with van der Waals surface area (Å²) in [7, 11) is 6.27. The molecule has 0 saturated carbocycles. The van der Waals surface area contributed by atoms with Gasteiger partial charge in [0.05, 0.1) is 24.0 Å². The minimum atomic E-state index is -0.708. The highest BCUT2D eigenvalue weighted by Crippen LogP contribution is 2.47. The summed E-state index contributed by atoms with van der Waals surface area (Å²) in [5.74, 6) is 0.0818. The predicted molar refractivity (Wildman–Crippen MR) is 107 cm³/mol. The number of hydrogen-bond donors (Lipinski definition) is 0. The van der Waals surface area contributed by atoms with Gasteiger partial charge < -0.3 is 28.4 Å². The average molecular weight is 424 g/mol. The third-order valence-electron chi connectivity index (χ3n) is 6.44. The van der Waals surface area contributed by atoms with Gasteiger partial charge in [-0.3, -0.25) is 9.59 Å². The lowest BCUT2D eigenvalue weighted by Gasteiger charge is -2.34. The van der Waals surface area contributed by atoms with Crippen LogP contribution >= 0.6 is 0 Å². The van der Waals surface area contributed by atoms with E-state index in [0.29, 0.717) is 6.42 Å². The Morgan fingerprint density at radius 2 is 1.53 bits per heavy atom. The molecule has 0 aromatic heterocycles. The van der Waals surface area contributed by atoms with Gasteiger partial charge in [-0.25, -0.2) is 0 Å². The molecule has 8 heteroatoms. The number of hydrogen-bond acceptors (Lipinski definition) is 8. The van der Waals surface area contributed by atoms with Crippen molar-refractivity contribution in [3.63, 3.8) is 0 Å². The number of carbonyl (C=O) groups is 2. The van der Waals surface area contributed by atoms with Crippen LogP contribution in [0, 0.1) is 11.8 Å². The SMILES string of the molecule is COC(OC)C12C=CC(CC1C(C)=O)O2.COC(OC)C12C=CC(O1)C(C(C)=O)C2. The maximum atomic E-state index is 11.6. The molecule has 2 saturated heterocycles. The number of fused-ring (bicyclic) bond motifs is 4. The molecule has 4 bridgehead atoms. The number of ether oxygens (including phenoxy) is 6. The van der Waals surface area contributed by atoms with E-state index in [-0.39, 0.29) is 35.6 Å². The number of ketones is 2. The summed E-state index contributed by atoms with van der Waals surface area (Å²) in [6, 6.07) is 0. The molecule has 2 fully saturated rings. The fraction of sp³-hybridized carbons (Fsp3) is 0.727. The van der Waals surface area contributed by atoms with Crippen LogP contribution in [0.15, 0.2) is 24.3 Å². The first kappa shape index (κ1) is 23.2. The number of methoxy groups -OCH3 is 4. The molecule has 30 heavy (non-hydrogen) atoms. The summed E-state index contributed by atoms with van der Waals surface area (Å²) in [5.41, 5.74) is -1.27. The van der Waals surface area contributed by atoms with Crippen molar-refractivity contribution in [3.8, 4) is 0 Å². The first-order valence-corrected chi connectivity index (χ1v) is 10.1. The number of Topliss-reactive ketones (excluding diaryl/α,β-unsaturated/α-hetero) is 2. The van der Waals surface area contributed by atoms with E-state index in [1.54, 1.807) is 42.3 Å². The van der Waals surface area contributed by atoms with Crippen LogP contribution in [-0.2, 0) is 38.0 Å². The van der Waals surface area contributed by atoms with Gasteiger partial charge in [0.2, 0.25) is 0 Å². The van der Waals surface area contributed by atoms with Gasteiger partial charge >= 0.3 is 0 Å². The second kappa shape index (κ2) is 8.98. The average Bonchev–Trinajstić information content (AvgIpc) is 3.49. The van der Waals surface area contributed by atoms with Gasteiger partial charge in [0.15, 0.2) is 12.6 Å². The monoisotopic (exact) mass is 424 g/mol. The van der Waals surface area contributed by atoms with Gasteiger partial charge in [0, 0.05) is 28.4 Å². The summed E-state index contributed by atoms with van der Waals surface area (Å²) in [5, 5.41) is 0. The third kappa shape index (κ3) is 3.81.